The number of fused-ring (bicyclic) bond motifs is 1. The predicted molar refractivity (Wildman–Crippen MR) is 142 cm³/mol. The van der Waals surface area contributed by atoms with E-state index in [0.717, 1.165) is 79.5 Å². The SMILES string of the molecule is CNC(=O)CCCCCC(CNC(=O)C1CCN(C)CC1)c1ncc(-c2ccc3ccncc3c2)[nH]1. The van der Waals surface area contributed by atoms with Gasteiger partial charge in [-0.3, -0.25) is 14.6 Å². The number of amides is 2. The molecule has 0 saturated carbocycles. The minimum Gasteiger partial charge on any atom is -0.359 e. The van der Waals surface area contributed by atoms with Crippen molar-refractivity contribution in [3.8, 4) is 11.3 Å². The summed E-state index contributed by atoms with van der Waals surface area (Å²) in [5.74, 6) is 1.31. The third-order valence-electron chi connectivity index (χ3n) is 7.28. The third kappa shape index (κ3) is 6.91. The standard InChI is InChI=1S/C28H38N6O2/c1-29-26(35)7-5-3-4-6-23(18-32-28(36)21-11-14-34(2)15-12-21)27-31-19-25(33-27)22-9-8-20-10-13-30-17-24(20)16-22/h8-10,13,16-17,19,21,23H,3-7,11-12,14-15,18H2,1-2H3,(H,29,35)(H,31,33)(H,32,36). The number of nitrogens with zero attached hydrogens (tertiary/aromatic N) is 3. The highest BCUT2D eigenvalue weighted by atomic mass is 16.2. The second-order valence-corrected chi connectivity index (χ2v) is 9.91. The van der Waals surface area contributed by atoms with Crippen LogP contribution in [0, 0.1) is 5.92 Å². The normalized spacial score (nSPS) is 15.6. The Bertz CT molecular complexity index is 1150. The van der Waals surface area contributed by atoms with Crippen LogP contribution in [0.2, 0.25) is 0 Å². The first-order valence-corrected chi connectivity index (χ1v) is 13.1. The lowest BCUT2D eigenvalue weighted by molar-refractivity contribution is -0.126. The van der Waals surface area contributed by atoms with Crippen LogP contribution in [0.5, 0.6) is 0 Å². The molecule has 1 fully saturated rings. The molecule has 1 aliphatic rings. The summed E-state index contributed by atoms with van der Waals surface area (Å²) in [6.45, 7) is 2.50. The van der Waals surface area contributed by atoms with Crippen LogP contribution in [0.25, 0.3) is 22.0 Å². The summed E-state index contributed by atoms with van der Waals surface area (Å²) >= 11 is 0. The molecule has 3 aromatic rings. The van der Waals surface area contributed by atoms with Crippen molar-refractivity contribution >= 4 is 22.6 Å². The largest absolute Gasteiger partial charge is 0.359 e. The molecule has 0 radical (unpaired) electrons. The number of aromatic nitrogens is 3. The summed E-state index contributed by atoms with van der Waals surface area (Å²) < 4.78 is 0. The van der Waals surface area contributed by atoms with Crippen LogP contribution in [0.15, 0.2) is 42.9 Å². The Hall–Kier alpha value is -3.26. The van der Waals surface area contributed by atoms with E-state index in [1.54, 1.807) is 13.2 Å². The van der Waals surface area contributed by atoms with E-state index >= 15 is 0 Å². The number of nitrogens with one attached hydrogen (secondary N) is 3. The first-order chi connectivity index (χ1) is 17.5. The zero-order valence-corrected chi connectivity index (χ0v) is 21.4. The number of benzene rings is 1. The molecule has 8 nitrogen and oxygen atoms in total. The van der Waals surface area contributed by atoms with Gasteiger partial charge in [-0.15, -0.1) is 0 Å². The molecule has 1 unspecified atom stereocenters. The van der Waals surface area contributed by atoms with Crippen molar-refractivity contribution in [2.24, 2.45) is 5.92 Å². The highest BCUT2D eigenvalue weighted by Crippen LogP contribution is 2.26. The second-order valence-electron chi connectivity index (χ2n) is 9.91. The van der Waals surface area contributed by atoms with Crippen LogP contribution < -0.4 is 10.6 Å². The molecule has 192 valence electrons. The van der Waals surface area contributed by atoms with Crippen molar-refractivity contribution in [1.82, 2.24) is 30.5 Å². The second kappa shape index (κ2) is 12.6. The molecule has 1 saturated heterocycles. The number of hydrogen-bond acceptors (Lipinski definition) is 5. The van der Waals surface area contributed by atoms with Crippen molar-refractivity contribution in [2.75, 3.05) is 33.7 Å². The van der Waals surface area contributed by atoms with Crippen LogP contribution in [0.3, 0.4) is 0 Å². The fraction of sp³-hybridized carbons (Fsp3) is 0.500. The number of piperidine rings is 1. The number of carbonyl (C=O) groups is 2. The van der Waals surface area contributed by atoms with Crippen LogP contribution in [-0.2, 0) is 9.59 Å². The average molecular weight is 491 g/mol. The maximum atomic E-state index is 12.9. The zero-order chi connectivity index (χ0) is 25.3. The van der Waals surface area contributed by atoms with Crippen LogP contribution in [0.1, 0.15) is 56.7 Å². The number of rotatable bonds is 11. The van der Waals surface area contributed by atoms with Gasteiger partial charge in [0.2, 0.25) is 11.8 Å². The van der Waals surface area contributed by atoms with Gasteiger partial charge in [0.1, 0.15) is 5.82 Å². The van der Waals surface area contributed by atoms with Crippen molar-refractivity contribution in [3.05, 3.63) is 48.7 Å². The number of unbranched alkanes of at least 4 members (excludes halogenated alkanes) is 2. The molecule has 0 aliphatic carbocycles. The Morgan fingerprint density at radius 1 is 1.11 bits per heavy atom. The van der Waals surface area contributed by atoms with E-state index in [0.29, 0.717) is 13.0 Å². The molecule has 0 bridgehead atoms. The fourth-order valence-corrected chi connectivity index (χ4v) is 4.90. The van der Waals surface area contributed by atoms with E-state index in [-0.39, 0.29) is 23.7 Å². The van der Waals surface area contributed by atoms with Gasteiger partial charge in [-0.1, -0.05) is 25.0 Å². The molecule has 2 amide bonds. The van der Waals surface area contributed by atoms with Crippen LogP contribution in [-0.4, -0.2) is 65.4 Å². The predicted octanol–water partition coefficient (Wildman–Crippen LogP) is 3.86. The van der Waals surface area contributed by atoms with Gasteiger partial charge < -0.3 is 20.5 Å². The fourth-order valence-electron chi connectivity index (χ4n) is 4.90. The number of H-pyrrole nitrogens is 1. The average Bonchev–Trinajstić information content (AvgIpc) is 3.40. The van der Waals surface area contributed by atoms with Crippen molar-refractivity contribution in [3.63, 3.8) is 0 Å². The van der Waals surface area contributed by atoms with Gasteiger partial charge in [-0.25, -0.2) is 4.98 Å². The summed E-state index contributed by atoms with van der Waals surface area (Å²) in [6.07, 6.45) is 11.6. The van der Waals surface area contributed by atoms with E-state index in [1.165, 1.54) is 0 Å². The summed E-state index contributed by atoms with van der Waals surface area (Å²) in [5, 5.41) is 8.14. The minimum atomic E-state index is 0.0817. The van der Waals surface area contributed by atoms with E-state index in [9.17, 15) is 9.59 Å². The third-order valence-corrected chi connectivity index (χ3v) is 7.28. The molecule has 3 N–H and O–H groups in total. The number of aromatic amines is 1. The highest BCUT2D eigenvalue weighted by molar-refractivity contribution is 5.86. The lowest BCUT2D eigenvalue weighted by atomic mass is 9.95. The molecular weight excluding hydrogens is 452 g/mol. The van der Waals surface area contributed by atoms with E-state index in [2.05, 4.69) is 50.7 Å². The van der Waals surface area contributed by atoms with Crippen molar-refractivity contribution in [1.29, 1.82) is 0 Å². The van der Waals surface area contributed by atoms with Gasteiger partial charge >= 0.3 is 0 Å². The van der Waals surface area contributed by atoms with E-state index < -0.39 is 0 Å². The number of pyridine rings is 1. The smallest absolute Gasteiger partial charge is 0.223 e. The molecular formula is C28H38N6O2. The van der Waals surface area contributed by atoms with Gasteiger partial charge in [0, 0.05) is 55.2 Å². The van der Waals surface area contributed by atoms with Gasteiger partial charge in [-0.2, -0.15) is 0 Å². The molecule has 2 aromatic heterocycles. The number of imidazole rings is 1. The minimum absolute atomic E-state index is 0.0817. The molecule has 0 spiro atoms. The number of carbonyl (C=O) groups excluding carboxylic acids is 2. The Morgan fingerprint density at radius 3 is 2.75 bits per heavy atom. The van der Waals surface area contributed by atoms with E-state index in [1.807, 2.05) is 18.5 Å². The molecule has 8 heteroatoms. The van der Waals surface area contributed by atoms with Gasteiger partial charge in [0.15, 0.2) is 0 Å². The maximum Gasteiger partial charge on any atom is 0.223 e. The first kappa shape index (κ1) is 25.8. The van der Waals surface area contributed by atoms with Crippen LogP contribution >= 0.6 is 0 Å². The molecule has 1 atom stereocenters. The van der Waals surface area contributed by atoms with E-state index in [4.69, 9.17) is 4.98 Å². The summed E-state index contributed by atoms with van der Waals surface area (Å²) in [6, 6.07) is 8.31. The molecule has 1 aromatic carbocycles. The molecule has 4 rings (SSSR count). The lowest BCUT2D eigenvalue weighted by Crippen LogP contribution is -2.40. The summed E-state index contributed by atoms with van der Waals surface area (Å²) in [4.78, 5) is 39.1. The Balaban J connectivity index is 1.41. The number of hydrogen-bond donors (Lipinski definition) is 3. The summed E-state index contributed by atoms with van der Waals surface area (Å²) in [5.41, 5.74) is 2.02. The summed E-state index contributed by atoms with van der Waals surface area (Å²) in [7, 11) is 3.78. The van der Waals surface area contributed by atoms with Crippen molar-refractivity contribution < 1.29 is 9.59 Å². The molecule has 3 heterocycles. The van der Waals surface area contributed by atoms with Gasteiger partial charge in [0.05, 0.1) is 11.9 Å². The zero-order valence-electron chi connectivity index (χ0n) is 21.4. The van der Waals surface area contributed by atoms with Crippen LogP contribution in [0.4, 0.5) is 0 Å². The molecule has 36 heavy (non-hydrogen) atoms. The Morgan fingerprint density at radius 2 is 1.94 bits per heavy atom. The highest BCUT2D eigenvalue weighted by Gasteiger charge is 2.24. The topological polar surface area (TPSA) is 103 Å². The monoisotopic (exact) mass is 490 g/mol. The van der Waals surface area contributed by atoms with Crippen molar-refractivity contribution in [2.45, 2.75) is 50.9 Å². The van der Waals surface area contributed by atoms with Gasteiger partial charge in [-0.05, 0) is 63.3 Å². The first-order valence-electron chi connectivity index (χ1n) is 13.1. The quantitative estimate of drug-likeness (QED) is 0.354. The number of likely N-dealkylation sites (tertiary alicyclic amines) is 1. The Labute approximate surface area is 213 Å². The maximum absolute atomic E-state index is 12.9. The Kier molecular flexibility index (Phi) is 9.06. The van der Waals surface area contributed by atoms with Gasteiger partial charge in [0.25, 0.3) is 0 Å². The molecule has 1 aliphatic heterocycles. The lowest BCUT2D eigenvalue weighted by Gasteiger charge is -2.28.